The Balaban J connectivity index is 1.44. The van der Waals surface area contributed by atoms with Crippen LogP contribution in [0.5, 0.6) is 0 Å². The van der Waals surface area contributed by atoms with Crippen molar-refractivity contribution in [2.45, 2.75) is 31.7 Å². The lowest BCUT2D eigenvalue weighted by molar-refractivity contribution is 0.684. The van der Waals surface area contributed by atoms with Gasteiger partial charge in [-0.3, -0.25) is 0 Å². The second-order valence-corrected chi connectivity index (χ2v) is 10.2. The SMILES string of the molecule is C=CC1=C(/C=C\CCN(c2ccccc2)C(C)C)c2ccccc2C12c1ccccc1-c1ccccc12. The summed E-state index contributed by atoms with van der Waals surface area (Å²) in [5, 5.41) is 0. The maximum atomic E-state index is 4.36. The lowest BCUT2D eigenvalue weighted by Gasteiger charge is -2.31. The van der Waals surface area contributed by atoms with Crippen LogP contribution < -0.4 is 4.90 Å². The van der Waals surface area contributed by atoms with Gasteiger partial charge in [0.05, 0.1) is 5.41 Å². The van der Waals surface area contributed by atoms with Crippen molar-refractivity contribution in [3.05, 3.63) is 156 Å². The first-order valence-corrected chi connectivity index (χ1v) is 13.3. The summed E-state index contributed by atoms with van der Waals surface area (Å²) in [6.07, 6.45) is 7.77. The van der Waals surface area contributed by atoms with Gasteiger partial charge in [-0.15, -0.1) is 0 Å². The zero-order chi connectivity index (χ0) is 25.4. The monoisotopic (exact) mass is 479 g/mol. The molecule has 0 amide bonds. The Morgan fingerprint density at radius 1 is 0.703 bits per heavy atom. The van der Waals surface area contributed by atoms with Crippen molar-refractivity contribution in [1.29, 1.82) is 0 Å². The summed E-state index contributed by atoms with van der Waals surface area (Å²) in [4.78, 5) is 2.47. The third-order valence-corrected chi connectivity index (χ3v) is 8.00. The molecule has 0 fully saturated rings. The topological polar surface area (TPSA) is 3.24 Å². The zero-order valence-electron chi connectivity index (χ0n) is 21.7. The van der Waals surface area contributed by atoms with Gasteiger partial charge in [0.2, 0.25) is 0 Å². The van der Waals surface area contributed by atoms with Crippen LogP contribution in [0.3, 0.4) is 0 Å². The van der Waals surface area contributed by atoms with Gasteiger partial charge >= 0.3 is 0 Å². The number of fused-ring (bicyclic) bond motifs is 7. The quantitative estimate of drug-likeness (QED) is 0.256. The third kappa shape index (κ3) is 3.53. The van der Waals surface area contributed by atoms with Crippen LogP contribution in [0, 0.1) is 0 Å². The first-order valence-electron chi connectivity index (χ1n) is 13.3. The summed E-state index contributed by atoms with van der Waals surface area (Å²) >= 11 is 0. The molecule has 0 atom stereocenters. The normalized spacial score (nSPS) is 14.8. The highest BCUT2D eigenvalue weighted by atomic mass is 15.1. The number of rotatable bonds is 7. The van der Waals surface area contributed by atoms with Gasteiger partial charge in [0.25, 0.3) is 0 Å². The number of hydrogen-bond donors (Lipinski definition) is 0. The van der Waals surface area contributed by atoms with Crippen molar-refractivity contribution < 1.29 is 0 Å². The van der Waals surface area contributed by atoms with Gasteiger partial charge in [-0.25, -0.2) is 0 Å². The highest BCUT2D eigenvalue weighted by Crippen LogP contribution is 2.62. The lowest BCUT2D eigenvalue weighted by atomic mass is 9.69. The highest BCUT2D eigenvalue weighted by molar-refractivity contribution is 5.97. The summed E-state index contributed by atoms with van der Waals surface area (Å²) < 4.78 is 0. The minimum Gasteiger partial charge on any atom is -0.369 e. The van der Waals surface area contributed by atoms with Gasteiger partial charge in [0.1, 0.15) is 0 Å². The van der Waals surface area contributed by atoms with Crippen LogP contribution >= 0.6 is 0 Å². The number of benzene rings is 4. The standard InChI is InChI=1S/C36H33N/c1-4-32-28(21-14-15-25-37(26(2)3)27-16-6-5-7-17-27)29-18-8-11-22-33(29)36(32)34-23-12-9-19-30(34)31-20-10-13-24-35(31)36/h4-14,16-24,26H,1,15,25H2,2-3H3/b21-14-. The molecule has 182 valence electrons. The summed E-state index contributed by atoms with van der Waals surface area (Å²) in [7, 11) is 0. The minimum absolute atomic E-state index is 0.320. The van der Waals surface area contributed by atoms with Crippen LogP contribution in [0.15, 0.2) is 134 Å². The van der Waals surface area contributed by atoms with E-state index in [0.717, 1.165) is 13.0 Å². The van der Waals surface area contributed by atoms with Crippen molar-refractivity contribution in [2.24, 2.45) is 0 Å². The van der Waals surface area contributed by atoms with E-state index >= 15 is 0 Å². The Morgan fingerprint density at radius 3 is 1.78 bits per heavy atom. The highest BCUT2D eigenvalue weighted by Gasteiger charge is 2.51. The summed E-state index contributed by atoms with van der Waals surface area (Å²) in [6.45, 7) is 9.87. The Hall–Kier alpha value is -4.10. The molecule has 1 heteroatoms. The van der Waals surface area contributed by atoms with Gasteiger partial charge in [-0.2, -0.15) is 0 Å². The van der Waals surface area contributed by atoms with Crippen molar-refractivity contribution in [3.63, 3.8) is 0 Å². The fraction of sp³-hybridized carbons (Fsp3) is 0.167. The van der Waals surface area contributed by atoms with E-state index in [9.17, 15) is 0 Å². The van der Waals surface area contributed by atoms with Gasteiger partial charge in [0.15, 0.2) is 0 Å². The third-order valence-electron chi connectivity index (χ3n) is 8.00. The number of allylic oxidation sites excluding steroid dienone is 4. The lowest BCUT2D eigenvalue weighted by Crippen LogP contribution is -2.31. The Kier molecular flexibility index (Phi) is 5.93. The van der Waals surface area contributed by atoms with Gasteiger partial charge < -0.3 is 4.90 Å². The largest absolute Gasteiger partial charge is 0.369 e. The van der Waals surface area contributed by atoms with E-state index in [4.69, 9.17) is 0 Å². The molecule has 0 unspecified atom stereocenters. The molecule has 4 aromatic rings. The van der Waals surface area contributed by atoms with Crippen molar-refractivity contribution in [3.8, 4) is 11.1 Å². The molecule has 0 radical (unpaired) electrons. The minimum atomic E-state index is -0.320. The van der Waals surface area contributed by atoms with E-state index < -0.39 is 0 Å². The summed E-state index contributed by atoms with van der Waals surface area (Å²) in [5.41, 5.74) is 11.6. The number of hydrogen-bond acceptors (Lipinski definition) is 1. The fourth-order valence-electron chi connectivity index (χ4n) is 6.51. The van der Waals surface area contributed by atoms with Crippen molar-refractivity contribution >= 4 is 11.3 Å². The molecule has 4 aromatic carbocycles. The Labute approximate surface area is 221 Å². The smallest absolute Gasteiger partial charge is 0.0725 e. The summed E-state index contributed by atoms with van der Waals surface area (Å²) in [6, 6.07) is 37.9. The molecule has 0 heterocycles. The molecule has 0 saturated heterocycles. The predicted molar refractivity (Wildman–Crippen MR) is 158 cm³/mol. The van der Waals surface area contributed by atoms with E-state index in [0.29, 0.717) is 6.04 Å². The molecule has 0 N–H and O–H groups in total. The van der Waals surface area contributed by atoms with Crippen LogP contribution in [-0.2, 0) is 5.41 Å². The molecule has 0 aliphatic heterocycles. The first kappa shape index (κ1) is 23.3. The molecule has 1 nitrogen and oxygen atoms in total. The van der Waals surface area contributed by atoms with Crippen LogP contribution in [0.25, 0.3) is 16.7 Å². The van der Waals surface area contributed by atoms with E-state index in [2.05, 4.69) is 147 Å². The molecular weight excluding hydrogens is 446 g/mol. The van der Waals surface area contributed by atoms with Crippen LogP contribution in [0.2, 0.25) is 0 Å². The van der Waals surface area contributed by atoms with Crippen LogP contribution in [0.1, 0.15) is 42.5 Å². The fourth-order valence-corrected chi connectivity index (χ4v) is 6.51. The van der Waals surface area contributed by atoms with Crippen LogP contribution in [0.4, 0.5) is 5.69 Å². The van der Waals surface area contributed by atoms with E-state index in [-0.39, 0.29) is 5.41 Å². The van der Waals surface area contributed by atoms with Gasteiger partial charge in [0, 0.05) is 18.3 Å². The molecule has 1 spiro atoms. The second-order valence-electron chi connectivity index (χ2n) is 10.2. The molecule has 0 saturated carbocycles. The average Bonchev–Trinajstić information content (AvgIpc) is 3.40. The zero-order valence-corrected chi connectivity index (χ0v) is 21.7. The van der Waals surface area contributed by atoms with Gasteiger partial charge in [-0.1, -0.05) is 116 Å². The van der Waals surface area contributed by atoms with Crippen molar-refractivity contribution in [1.82, 2.24) is 0 Å². The number of para-hydroxylation sites is 1. The predicted octanol–water partition coefficient (Wildman–Crippen LogP) is 8.82. The van der Waals surface area contributed by atoms with Crippen LogP contribution in [-0.4, -0.2) is 12.6 Å². The maximum absolute atomic E-state index is 4.36. The Bertz CT molecular complexity index is 1470. The molecule has 37 heavy (non-hydrogen) atoms. The van der Waals surface area contributed by atoms with E-state index in [1.165, 1.54) is 50.2 Å². The molecule has 2 aliphatic carbocycles. The number of anilines is 1. The van der Waals surface area contributed by atoms with E-state index in [1.807, 2.05) is 0 Å². The Morgan fingerprint density at radius 2 is 1.22 bits per heavy atom. The van der Waals surface area contributed by atoms with Crippen molar-refractivity contribution in [2.75, 3.05) is 11.4 Å². The molecule has 6 rings (SSSR count). The number of nitrogens with zero attached hydrogens (tertiary/aromatic N) is 1. The maximum Gasteiger partial charge on any atom is 0.0725 e. The first-order chi connectivity index (χ1) is 18.2. The van der Waals surface area contributed by atoms with E-state index in [1.54, 1.807) is 0 Å². The molecule has 2 aliphatic rings. The second kappa shape index (κ2) is 9.41. The molecule has 0 aromatic heterocycles. The average molecular weight is 480 g/mol. The molecular formula is C36H33N. The summed E-state index contributed by atoms with van der Waals surface area (Å²) in [5.74, 6) is 0. The molecule has 0 bridgehead atoms. The van der Waals surface area contributed by atoms with Gasteiger partial charge in [-0.05, 0) is 76.9 Å².